The lowest BCUT2D eigenvalue weighted by Gasteiger charge is -2.36. The number of amides is 2. The molecule has 0 saturated carbocycles. The number of hydrogen-bond acceptors (Lipinski definition) is 5. The number of ether oxygens (including phenoxy) is 1. The first-order valence-electron chi connectivity index (χ1n) is 8.81. The molecular formula is C18H26N4O3. The second-order valence-electron chi connectivity index (χ2n) is 6.61. The van der Waals surface area contributed by atoms with Crippen LogP contribution in [0, 0.1) is 0 Å². The van der Waals surface area contributed by atoms with Gasteiger partial charge in [-0.05, 0) is 17.7 Å². The van der Waals surface area contributed by atoms with E-state index in [0.717, 1.165) is 64.6 Å². The van der Waals surface area contributed by atoms with Gasteiger partial charge in [0.1, 0.15) is 0 Å². The Morgan fingerprint density at radius 3 is 2.16 bits per heavy atom. The van der Waals surface area contributed by atoms with Gasteiger partial charge in [-0.25, -0.2) is 0 Å². The fourth-order valence-electron chi connectivity index (χ4n) is 3.24. The number of piperazine rings is 1. The lowest BCUT2D eigenvalue weighted by atomic mass is 10.1. The summed E-state index contributed by atoms with van der Waals surface area (Å²) in [6.45, 7) is 7.71. The van der Waals surface area contributed by atoms with Gasteiger partial charge < -0.3 is 15.4 Å². The second kappa shape index (κ2) is 8.42. The van der Waals surface area contributed by atoms with Crippen LogP contribution in [-0.4, -0.2) is 85.5 Å². The van der Waals surface area contributed by atoms with Crippen LogP contribution in [0.1, 0.15) is 15.9 Å². The number of nitrogens with two attached hydrogens (primary N) is 1. The zero-order valence-corrected chi connectivity index (χ0v) is 14.5. The van der Waals surface area contributed by atoms with Crippen molar-refractivity contribution < 1.29 is 14.3 Å². The molecule has 136 valence electrons. The molecule has 3 rings (SSSR count). The molecule has 1 aromatic rings. The molecule has 2 amide bonds. The Bertz CT molecular complexity index is 591. The van der Waals surface area contributed by atoms with Crippen molar-refractivity contribution in [3.8, 4) is 0 Å². The Balaban J connectivity index is 1.43. The summed E-state index contributed by atoms with van der Waals surface area (Å²) in [5.74, 6) is -0.189. The van der Waals surface area contributed by atoms with Crippen LogP contribution in [0.3, 0.4) is 0 Å². The fourth-order valence-corrected chi connectivity index (χ4v) is 3.24. The minimum atomic E-state index is -0.404. The number of carbonyl (C=O) groups is 2. The van der Waals surface area contributed by atoms with Crippen molar-refractivity contribution in [3.63, 3.8) is 0 Å². The van der Waals surface area contributed by atoms with Crippen LogP contribution in [0.5, 0.6) is 0 Å². The van der Waals surface area contributed by atoms with Gasteiger partial charge in [0.05, 0.1) is 19.8 Å². The van der Waals surface area contributed by atoms with E-state index in [9.17, 15) is 9.59 Å². The molecule has 25 heavy (non-hydrogen) atoms. The van der Waals surface area contributed by atoms with Crippen LogP contribution in [0.4, 0.5) is 0 Å². The maximum absolute atomic E-state index is 12.4. The van der Waals surface area contributed by atoms with Crippen molar-refractivity contribution in [1.29, 1.82) is 0 Å². The maximum atomic E-state index is 12.4. The van der Waals surface area contributed by atoms with E-state index in [1.54, 1.807) is 12.1 Å². The SMILES string of the molecule is NC(=O)c1ccc(CN2CCN(C(=O)CN3CCOCC3)CC2)cc1. The van der Waals surface area contributed by atoms with Crippen molar-refractivity contribution in [2.75, 3.05) is 59.0 Å². The van der Waals surface area contributed by atoms with Crippen LogP contribution in [0.15, 0.2) is 24.3 Å². The summed E-state index contributed by atoms with van der Waals surface area (Å²) in [4.78, 5) is 30.0. The van der Waals surface area contributed by atoms with Crippen LogP contribution in [0.25, 0.3) is 0 Å². The van der Waals surface area contributed by atoms with Gasteiger partial charge in [0.2, 0.25) is 11.8 Å². The number of benzene rings is 1. The van der Waals surface area contributed by atoms with Gasteiger partial charge in [-0.1, -0.05) is 12.1 Å². The van der Waals surface area contributed by atoms with Crippen LogP contribution in [-0.2, 0) is 16.1 Å². The van der Waals surface area contributed by atoms with E-state index < -0.39 is 5.91 Å². The van der Waals surface area contributed by atoms with Crippen LogP contribution < -0.4 is 5.73 Å². The number of primary amides is 1. The Morgan fingerprint density at radius 1 is 0.920 bits per heavy atom. The molecule has 2 saturated heterocycles. The van der Waals surface area contributed by atoms with Crippen molar-refractivity contribution in [1.82, 2.24) is 14.7 Å². The van der Waals surface area contributed by atoms with Crippen LogP contribution >= 0.6 is 0 Å². The molecule has 0 aromatic heterocycles. The average molecular weight is 346 g/mol. The van der Waals surface area contributed by atoms with Gasteiger partial charge in [-0.3, -0.25) is 19.4 Å². The summed E-state index contributed by atoms with van der Waals surface area (Å²) in [7, 11) is 0. The molecule has 2 fully saturated rings. The average Bonchev–Trinajstić information content (AvgIpc) is 2.63. The molecular weight excluding hydrogens is 320 g/mol. The molecule has 0 radical (unpaired) electrons. The highest BCUT2D eigenvalue weighted by Crippen LogP contribution is 2.11. The second-order valence-corrected chi connectivity index (χ2v) is 6.61. The van der Waals surface area contributed by atoms with Gasteiger partial charge in [0.15, 0.2) is 0 Å². The van der Waals surface area contributed by atoms with E-state index in [0.29, 0.717) is 12.1 Å². The Hall–Kier alpha value is -1.96. The smallest absolute Gasteiger partial charge is 0.248 e. The molecule has 0 unspecified atom stereocenters. The summed E-state index contributed by atoms with van der Waals surface area (Å²) in [5.41, 5.74) is 6.94. The number of nitrogens with zero attached hydrogens (tertiary/aromatic N) is 3. The van der Waals surface area contributed by atoms with E-state index in [1.165, 1.54) is 0 Å². The topological polar surface area (TPSA) is 79.1 Å². The Morgan fingerprint density at radius 2 is 1.56 bits per heavy atom. The highest BCUT2D eigenvalue weighted by Gasteiger charge is 2.23. The lowest BCUT2D eigenvalue weighted by molar-refractivity contribution is -0.135. The van der Waals surface area contributed by atoms with E-state index in [4.69, 9.17) is 10.5 Å². The monoisotopic (exact) mass is 346 g/mol. The fraction of sp³-hybridized carbons (Fsp3) is 0.556. The lowest BCUT2D eigenvalue weighted by Crippen LogP contribution is -2.51. The van der Waals surface area contributed by atoms with E-state index >= 15 is 0 Å². The predicted molar refractivity (Wildman–Crippen MR) is 94.1 cm³/mol. The first-order valence-corrected chi connectivity index (χ1v) is 8.81. The molecule has 0 bridgehead atoms. The minimum absolute atomic E-state index is 0.215. The summed E-state index contributed by atoms with van der Waals surface area (Å²) in [6.07, 6.45) is 0. The number of morpholine rings is 1. The van der Waals surface area contributed by atoms with Crippen molar-refractivity contribution in [2.45, 2.75) is 6.54 Å². The van der Waals surface area contributed by atoms with Crippen molar-refractivity contribution >= 4 is 11.8 Å². The molecule has 2 aliphatic heterocycles. The van der Waals surface area contributed by atoms with Gasteiger partial charge in [-0.2, -0.15) is 0 Å². The molecule has 7 nitrogen and oxygen atoms in total. The highest BCUT2D eigenvalue weighted by atomic mass is 16.5. The number of hydrogen-bond donors (Lipinski definition) is 1. The van der Waals surface area contributed by atoms with Crippen molar-refractivity contribution in [2.24, 2.45) is 5.73 Å². The van der Waals surface area contributed by atoms with Gasteiger partial charge >= 0.3 is 0 Å². The molecule has 2 N–H and O–H groups in total. The molecule has 1 aromatic carbocycles. The Kier molecular flexibility index (Phi) is 6.01. The minimum Gasteiger partial charge on any atom is -0.379 e. The van der Waals surface area contributed by atoms with Gasteiger partial charge in [-0.15, -0.1) is 0 Å². The molecule has 0 spiro atoms. The normalized spacial score (nSPS) is 19.8. The zero-order chi connectivity index (χ0) is 17.6. The standard InChI is InChI=1S/C18H26N4O3/c19-18(24)16-3-1-15(2-4-16)13-20-5-7-22(8-6-20)17(23)14-21-9-11-25-12-10-21/h1-4H,5-14H2,(H2,19,24). The maximum Gasteiger partial charge on any atom is 0.248 e. The number of rotatable bonds is 5. The first-order chi connectivity index (χ1) is 12.1. The molecule has 0 atom stereocenters. The quantitative estimate of drug-likeness (QED) is 0.796. The first kappa shape index (κ1) is 17.8. The third-order valence-electron chi connectivity index (χ3n) is 4.83. The molecule has 2 heterocycles. The number of carbonyl (C=O) groups excluding carboxylic acids is 2. The molecule has 0 aliphatic carbocycles. The predicted octanol–water partition coefficient (Wildman–Crippen LogP) is -0.238. The van der Waals surface area contributed by atoms with Crippen molar-refractivity contribution in [3.05, 3.63) is 35.4 Å². The molecule has 7 heteroatoms. The van der Waals surface area contributed by atoms with E-state index in [-0.39, 0.29) is 5.91 Å². The van der Waals surface area contributed by atoms with E-state index in [2.05, 4.69) is 9.80 Å². The zero-order valence-electron chi connectivity index (χ0n) is 14.5. The summed E-state index contributed by atoms with van der Waals surface area (Å²) < 4.78 is 5.32. The van der Waals surface area contributed by atoms with Gasteiger partial charge in [0, 0.05) is 51.4 Å². The molecule has 2 aliphatic rings. The summed E-state index contributed by atoms with van der Waals surface area (Å²) in [5, 5.41) is 0. The summed E-state index contributed by atoms with van der Waals surface area (Å²) in [6, 6.07) is 7.41. The Labute approximate surface area is 148 Å². The summed E-state index contributed by atoms with van der Waals surface area (Å²) >= 11 is 0. The highest BCUT2D eigenvalue weighted by molar-refractivity contribution is 5.92. The largest absolute Gasteiger partial charge is 0.379 e. The third-order valence-corrected chi connectivity index (χ3v) is 4.83. The van der Waals surface area contributed by atoms with Gasteiger partial charge in [0.25, 0.3) is 0 Å². The third kappa shape index (κ3) is 5.01. The van der Waals surface area contributed by atoms with Crippen LogP contribution in [0.2, 0.25) is 0 Å². The van der Waals surface area contributed by atoms with E-state index in [1.807, 2.05) is 17.0 Å².